The summed E-state index contributed by atoms with van der Waals surface area (Å²) in [6.07, 6.45) is 1.65. The molecule has 0 aliphatic carbocycles. The molecule has 1 fully saturated rings. The van der Waals surface area contributed by atoms with Gasteiger partial charge in [-0.3, -0.25) is 15.0 Å². The van der Waals surface area contributed by atoms with E-state index in [0.29, 0.717) is 10.7 Å². The molecule has 140 valence electrons. The smallest absolute Gasteiger partial charge is 0.282 e. The average molecular weight is 392 g/mol. The number of carbonyl (C=O) groups is 2. The van der Waals surface area contributed by atoms with Gasteiger partial charge in [0.15, 0.2) is 0 Å². The number of nitrogens with zero attached hydrogens (tertiary/aromatic N) is 2. The monoisotopic (exact) mass is 391 g/mol. The van der Waals surface area contributed by atoms with E-state index < -0.39 is 5.91 Å². The number of halogens is 1. The maximum Gasteiger partial charge on any atom is 0.282 e. The molecule has 2 heterocycles. The zero-order valence-corrected chi connectivity index (χ0v) is 16.2. The number of aromatic nitrogens is 1. The number of hydrogen-bond donors (Lipinski definition) is 1. The van der Waals surface area contributed by atoms with Crippen LogP contribution in [0.3, 0.4) is 0 Å². The molecule has 1 saturated heterocycles. The summed E-state index contributed by atoms with van der Waals surface area (Å²) in [5.74, 6) is -0.780. The number of nitrogens with one attached hydrogen (secondary N) is 1. The topological polar surface area (TPSA) is 54.3 Å². The minimum absolute atomic E-state index is 0.111. The molecule has 5 nitrogen and oxygen atoms in total. The third-order valence-electron chi connectivity index (χ3n) is 4.76. The number of hydrogen-bond acceptors (Lipinski definition) is 2. The normalized spacial score (nSPS) is 15.4. The standard InChI is InChI=1S/C22H18ClN3O2/c1-14-12-16(15(2)25(14)18-10-8-17(23)9-11-18)13-20-21(27)24-26(22(20)28)19-6-4-3-5-7-19/h3-13H,1-2H3,(H,24,27)/b20-13+. The molecule has 0 saturated carbocycles. The Morgan fingerprint density at radius 1 is 0.929 bits per heavy atom. The highest BCUT2D eigenvalue weighted by Gasteiger charge is 2.34. The molecular weight excluding hydrogens is 374 g/mol. The number of benzene rings is 2. The second kappa shape index (κ2) is 7.02. The molecule has 0 atom stereocenters. The first kappa shape index (κ1) is 18.1. The van der Waals surface area contributed by atoms with Crippen molar-refractivity contribution in [1.82, 2.24) is 9.99 Å². The van der Waals surface area contributed by atoms with Gasteiger partial charge in [-0.2, -0.15) is 0 Å². The molecule has 28 heavy (non-hydrogen) atoms. The number of amides is 2. The van der Waals surface area contributed by atoms with Gasteiger partial charge in [-0.1, -0.05) is 29.8 Å². The van der Waals surface area contributed by atoms with Crippen LogP contribution in [0, 0.1) is 13.8 Å². The minimum atomic E-state index is -0.412. The van der Waals surface area contributed by atoms with Crippen LogP contribution in [0.5, 0.6) is 0 Å². The first-order valence-corrected chi connectivity index (χ1v) is 9.20. The molecule has 4 rings (SSSR count). The lowest BCUT2D eigenvalue weighted by Crippen LogP contribution is -2.35. The Labute approximate surface area is 167 Å². The summed E-state index contributed by atoms with van der Waals surface area (Å²) in [4.78, 5) is 25.2. The second-order valence-electron chi connectivity index (χ2n) is 6.61. The molecule has 0 unspecified atom stereocenters. The Balaban J connectivity index is 1.71. The van der Waals surface area contributed by atoms with Crippen LogP contribution in [-0.4, -0.2) is 16.4 Å². The number of aryl methyl sites for hydroxylation is 1. The number of anilines is 1. The highest BCUT2D eigenvalue weighted by molar-refractivity contribution is 6.31. The highest BCUT2D eigenvalue weighted by Crippen LogP contribution is 2.26. The van der Waals surface area contributed by atoms with Gasteiger partial charge in [-0.25, -0.2) is 5.01 Å². The molecule has 3 aromatic rings. The molecule has 6 heteroatoms. The van der Waals surface area contributed by atoms with Gasteiger partial charge in [0.25, 0.3) is 11.8 Å². The molecular formula is C22H18ClN3O2. The van der Waals surface area contributed by atoms with Crippen molar-refractivity contribution in [3.63, 3.8) is 0 Å². The summed E-state index contributed by atoms with van der Waals surface area (Å²) in [6.45, 7) is 3.94. The molecule has 1 N–H and O–H groups in total. The van der Waals surface area contributed by atoms with Gasteiger partial charge in [0, 0.05) is 22.1 Å². The SMILES string of the molecule is Cc1cc(/C=C2\C(=O)NN(c3ccccc3)C2=O)c(C)n1-c1ccc(Cl)cc1. The molecule has 2 aromatic carbocycles. The predicted octanol–water partition coefficient (Wildman–Crippen LogP) is 4.21. The van der Waals surface area contributed by atoms with E-state index in [1.165, 1.54) is 5.01 Å². The first-order valence-electron chi connectivity index (χ1n) is 8.83. The van der Waals surface area contributed by atoms with E-state index >= 15 is 0 Å². The Bertz CT molecular complexity index is 1100. The lowest BCUT2D eigenvalue weighted by molar-refractivity contribution is -0.117. The van der Waals surface area contributed by atoms with Crippen LogP contribution in [0.4, 0.5) is 5.69 Å². The van der Waals surface area contributed by atoms with Crippen LogP contribution in [0.15, 0.2) is 66.2 Å². The van der Waals surface area contributed by atoms with Crippen molar-refractivity contribution in [2.45, 2.75) is 13.8 Å². The van der Waals surface area contributed by atoms with Gasteiger partial charge >= 0.3 is 0 Å². The van der Waals surface area contributed by atoms with Gasteiger partial charge in [0.05, 0.1) is 5.69 Å². The number of para-hydroxylation sites is 1. The Kier molecular flexibility index (Phi) is 4.53. The molecule has 1 aliphatic heterocycles. The van der Waals surface area contributed by atoms with Crippen molar-refractivity contribution in [3.8, 4) is 5.69 Å². The molecule has 0 radical (unpaired) electrons. The van der Waals surface area contributed by atoms with Crippen molar-refractivity contribution in [2.24, 2.45) is 0 Å². The predicted molar refractivity (Wildman–Crippen MR) is 110 cm³/mol. The van der Waals surface area contributed by atoms with Gasteiger partial charge in [0.1, 0.15) is 5.57 Å². The van der Waals surface area contributed by atoms with Gasteiger partial charge < -0.3 is 4.57 Å². The van der Waals surface area contributed by atoms with E-state index in [-0.39, 0.29) is 11.5 Å². The summed E-state index contributed by atoms with van der Waals surface area (Å²) in [7, 11) is 0. The van der Waals surface area contributed by atoms with Crippen LogP contribution in [0.25, 0.3) is 11.8 Å². The van der Waals surface area contributed by atoms with E-state index in [0.717, 1.165) is 22.6 Å². The van der Waals surface area contributed by atoms with Crippen molar-refractivity contribution < 1.29 is 9.59 Å². The van der Waals surface area contributed by atoms with E-state index in [1.807, 2.05) is 62.4 Å². The Hall–Kier alpha value is -3.31. The third-order valence-corrected chi connectivity index (χ3v) is 5.01. The quantitative estimate of drug-likeness (QED) is 0.537. The van der Waals surface area contributed by atoms with Crippen molar-refractivity contribution in [2.75, 3.05) is 5.01 Å². The highest BCUT2D eigenvalue weighted by atomic mass is 35.5. The lowest BCUT2D eigenvalue weighted by atomic mass is 10.1. The van der Waals surface area contributed by atoms with Gasteiger partial charge in [-0.05, 0) is 68.0 Å². The fourth-order valence-corrected chi connectivity index (χ4v) is 3.52. The fraction of sp³-hybridized carbons (Fsp3) is 0.0909. The minimum Gasteiger partial charge on any atom is -0.318 e. The van der Waals surface area contributed by atoms with Crippen molar-refractivity contribution in [3.05, 3.63) is 88.2 Å². The largest absolute Gasteiger partial charge is 0.318 e. The van der Waals surface area contributed by atoms with E-state index in [9.17, 15) is 9.59 Å². The maximum atomic E-state index is 12.8. The van der Waals surface area contributed by atoms with Gasteiger partial charge in [-0.15, -0.1) is 0 Å². The van der Waals surface area contributed by atoms with E-state index in [4.69, 9.17) is 11.6 Å². The first-order chi connectivity index (χ1) is 13.5. The number of hydrazine groups is 1. The number of rotatable bonds is 3. The van der Waals surface area contributed by atoms with Crippen LogP contribution >= 0.6 is 11.6 Å². The second-order valence-corrected chi connectivity index (χ2v) is 7.05. The average Bonchev–Trinajstić information content (AvgIpc) is 3.13. The summed E-state index contributed by atoms with van der Waals surface area (Å²) in [5, 5.41) is 1.94. The zero-order valence-electron chi connectivity index (χ0n) is 15.4. The Morgan fingerprint density at radius 2 is 1.61 bits per heavy atom. The van der Waals surface area contributed by atoms with Crippen LogP contribution in [-0.2, 0) is 9.59 Å². The molecule has 2 amide bonds. The molecule has 1 aliphatic rings. The third kappa shape index (κ3) is 3.10. The van der Waals surface area contributed by atoms with Crippen molar-refractivity contribution >= 4 is 35.2 Å². The van der Waals surface area contributed by atoms with Crippen LogP contribution < -0.4 is 10.4 Å². The maximum absolute atomic E-state index is 12.8. The van der Waals surface area contributed by atoms with E-state index in [2.05, 4.69) is 9.99 Å². The summed E-state index contributed by atoms with van der Waals surface area (Å²) >= 11 is 5.99. The van der Waals surface area contributed by atoms with Crippen molar-refractivity contribution in [1.29, 1.82) is 0 Å². The molecule has 0 bridgehead atoms. The fourth-order valence-electron chi connectivity index (χ4n) is 3.39. The lowest BCUT2D eigenvalue weighted by Gasteiger charge is -2.13. The van der Waals surface area contributed by atoms with Gasteiger partial charge in [0.2, 0.25) is 0 Å². The molecule has 0 spiro atoms. The van der Waals surface area contributed by atoms with E-state index in [1.54, 1.807) is 18.2 Å². The zero-order chi connectivity index (χ0) is 19.8. The Morgan fingerprint density at radius 3 is 2.29 bits per heavy atom. The van der Waals surface area contributed by atoms with Crippen LogP contribution in [0.2, 0.25) is 5.02 Å². The van der Waals surface area contributed by atoms with Crippen LogP contribution in [0.1, 0.15) is 17.0 Å². The summed E-state index contributed by atoms with van der Waals surface area (Å²) < 4.78 is 2.06. The summed E-state index contributed by atoms with van der Waals surface area (Å²) in [5.41, 5.74) is 7.08. The number of carbonyl (C=O) groups excluding carboxylic acids is 2. The molecule has 1 aromatic heterocycles. The summed E-state index contributed by atoms with van der Waals surface area (Å²) in [6, 6.07) is 18.5.